The number of ether oxygens (including phenoxy) is 3. The number of hydrogen-bond donors (Lipinski definition) is 2. The summed E-state index contributed by atoms with van der Waals surface area (Å²) in [6, 6.07) is 3.32. The molecule has 1 fully saturated rings. The zero-order chi connectivity index (χ0) is 23.3. The number of benzene rings is 1. The van der Waals surface area contributed by atoms with Gasteiger partial charge in [0.05, 0.1) is 25.2 Å². The third-order valence-electron chi connectivity index (χ3n) is 5.53. The van der Waals surface area contributed by atoms with Crippen molar-refractivity contribution in [3.63, 3.8) is 0 Å². The van der Waals surface area contributed by atoms with Crippen LogP contribution in [0.15, 0.2) is 23.1 Å². The van der Waals surface area contributed by atoms with Crippen molar-refractivity contribution in [3.8, 4) is 11.5 Å². The topological polar surface area (TPSA) is 123 Å². The standard InChI is InChI=1S/C21H31N3O7S/c1-14(2)19(20(25)22-15-7-9-24(10-8-15)21(26)29-3)23-32(27,28)16-5-6-17-18(13-16)31-12-4-11-30-17/h5-6,13-15,19,23H,4,7-12H2,1-3H3,(H,22,25). The lowest BCUT2D eigenvalue weighted by Gasteiger charge is -2.32. The average molecular weight is 470 g/mol. The molecule has 1 atom stereocenters. The second-order valence-electron chi connectivity index (χ2n) is 8.24. The zero-order valence-corrected chi connectivity index (χ0v) is 19.4. The second kappa shape index (κ2) is 10.4. The third-order valence-corrected chi connectivity index (χ3v) is 6.97. The van der Waals surface area contributed by atoms with E-state index >= 15 is 0 Å². The molecule has 1 aromatic rings. The summed E-state index contributed by atoms with van der Waals surface area (Å²) in [5.41, 5.74) is 0. The highest BCUT2D eigenvalue weighted by molar-refractivity contribution is 7.89. The molecule has 11 heteroatoms. The number of carbonyl (C=O) groups is 2. The molecule has 2 N–H and O–H groups in total. The molecule has 0 aliphatic carbocycles. The van der Waals surface area contributed by atoms with E-state index in [4.69, 9.17) is 14.2 Å². The fourth-order valence-corrected chi connectivity index (χ4v) is 5.02. The van der Waals surface area contributed by atoms with E-state index in [1.165, 1.54) is 19.2 Å². The van der Waals surface area contributed by atoms with Crippen LogP contribution in [0.3, 0.4) is 0 Å². The van der Waals surface area contributed by atoms with Crippen LogP contribution in [-0.4, -0.2) is 70.8 Å². The number of likely N-dealkylation sites (tertiary alicyclic amines) is 1. The molecule has 0 aromatic heterocycles. The summed E-state index contributed by atoms with van der Waals surface area (Å²) < 4.78 is 44.4. The molecule has 1 aromatic carbocycles. The minimum atomic E-state index is -3.97. The molecule has 1 saturated heterocycles. The quantitative estimate of drug-likeness (QED) is 0.647. The summed E-state index contributed by atoms with van der Waals surface area (Å²) in [5, 5.41) is 2.92. The molecule has 10 nitrogen and oxygen atoms in total. The fraction of sp³-hybridized carbons (Fsp3) is 0.619. The summed E-state index contributed by atoms with van der Waals surface area (Å²) in [4.78, 5) is 26.1. The van der Waals surface area contributed by atoms with Gasteiger partial charge in [0.15, 0.2) is 11.5 Å². The van der Waals surface area contributed by atoms with Gasteiger partial charge < -0.3 is 24.4 Å². The lowest BCUT2D eigenvalue weighted by Crippen LogP contribution is -2.54. The number of amides is 2. The molecule has 3 rings (SSSR count). The maximum absolute atomic E-state index is 13.0. The van der Waals surface area contributed by atoms with E-state index in [9.17, 15) is 18.0 Å². The summed E-state index contributed by atoms with van der Waals surface area (Å²) in [5.74, 6) is 0.195. The van der Waals surface area contributed by atoms with Gasteiger partial charge >= 0.3 is 6.09 Å². The smallest absolute Gasteiger partial charge is 0.409 e. The maximum Gasteiger partial charge on any atom is 0.409 e. The monoisotopic (exact) mass is 469 g/mol. The summed E-state index contributed by atoms with van der Waals surface area (Å²) >= 11 is 0. The van der Waals surface area contributed by atoms with E-state index < -0.39 is 28.1 Å². The third kappa shape index (κ3) is 5.83. The van der Waals surface area contributed by atoms with Gasteiger partial charge in [0.2, 0.25) is 15.9 Å². The predicted octanol–water partition coefficient (Wildman–Crippen LogP) is 1.50. The molecular weight excluding hydrogens is 438 g/mol. The first-order valence-corrected chi connectivity index (χ1v) is 12.2. The van der Waals surface area contributed by atoms with Crippen LogP contribution in [0.5, 0.6) is 11.5 Å². The van der Waals surface area contributed by atoms with Crippen molar-refractivity contribution in [3.05, 3.63) is 18.2 Å². The molecule has 0 spiro atoms. The number of nitrogens with one attached hydrogen (secondary N) is 2. The van der Waals surface area contributed by atoms with E-state index in [1.807, 2.05) is 0 Å². The van der Waals surface area contributed by atoms with Crippen molar-refractivity contribution < 1.29 is 32.2 Å². The average Bonchev–Trinajstić information content (AvgIpc) is 3.02. The van der Waals surface area contributed by atoms with E-state index in [-0.39, 0.29) is 16.9 Å². The van der Waals surface area contributed by atoms with Gasteiger partial charge in [-0.25, -0.2) is 13.2 Å². The number of sulfonamides is 1. The lowest BCUT2D eigenvalue weighted by molar-refractivity contribution is -0.124. The molecular formula is C21H31N3O7S. The van der Waals surface area contributed by atoms with Gasteiger partial charge in [-0.1, -0.05) is 13.8 Å². The van der Waals surface area contributed by atoms with Gasteiger partial charge in [-0.05, 0) is 30.9 Å². The minimum Gasteiger partial charge on any atom is -0.490 e. The lowest BCUT2D eigenvalue weighted by atomic mass is 10.0. The van der Waals surface area contributed by atoms with Crippen LogP contribution in [0.25, 0.3) is 0 Å². The van der Waals surface area contributed by atoms with Gasteiger partial charge in [-0.3, -0.25) is 4.79 Å². The van der Waals surface area contributed by atoms with E-state index in [0.717, 1.165) is 0 Å². The Kier molecular flexibility index (Phi) is 7.83. The largest absolute Gasteiger partial charge is 0.490 e. The van der Waals surface area contributed by atoms with Gasteiger partial charge in [0, 0.05) is 31.6 Å². The Balaban J connectivity index is 1.66. The highest BCUT2D eigenvalue weighted by atomic mass is 32.2. The van der Waals surface area contributed by atoms with Crippen molar-refractivity contribution in [2.75, 3.05) is 33.4 Å². The van der Waals surface area contributed by atoms with Crippen LogP contribution in [0, 0.1) is 5.92 Å². The molecule has 178 valence electrons. The Morgan fingerprint density at radius 2 is 1.78 bits per heavy atom. The van der Waals surface area contributed by atoms with Crippen LogP contribution in [0.4, 0.5) is 4.79 Å². The van der Waals surface area contributed by atoms with Crippen LogP contribution in [-0.2, 0) is 19.6 Å². The summed E-state index contributed by atoms with van der Waals surface area (Å²) in [7, 11) is -2.64. The fourth-order valence-electron chi connectivity index (χ4n) is 3.66. The Morgan fingerprint density at radius 1 is 1.12 bits per heavy atom. The first-order chi connectivity index (χ1) is 15.2. The number of hydrogen-bond acceptors (Lipinski definition) is 7. The van der Waals surface area contributed by atoms with Gasteiger partial charge in [0.25, 0.3) is 0 Å². The van der Waals surface area contributed by atoms with Crippen LogP contribution >= 0.6 is 0 Å². The highest BCUT2D eigenvalue weighted by Gasteiger charge is 2.32. The Labute approximate surface area is 188 Å². The highest BCUT2D eigenvalue weighted by Crippen LogP contribution is 2.32. The molecule has 2 amide bonds. The minimum absolute atomic E-state index is 0.00610. The Morgan fingerprint density at radius 3 is 2.41 bits per heavy atom. The van der Waals surface area contributed by atoms with Crippen LogP contribution in [0.2, 0.25) is 0 Å². The van der Waals surface area contributed by atoms with Gasteiger partial charge in [0.1, 0.15) is 6.04 Å². The molecule has 2 heterocycles. The number of fused-ring (bicyclic) bond motifs is 1. The first kappa shape index (κ1) is 24.1. The normalized spacial score (nSPS) is 18.1. The SMILES string of the molecule is COC(=O)N1CCC(NC(=O)C(NS(=O)(=O)c2ccc3c(c2)OCCCO3)C(C)C)CC1. The number of rotatable bonds is 6. The predicted molar refractivity (Wildman–Crippen MR) is 116 cm³/mol. The molecule has 32 heavy (non-hydrogen) atoms. The molecule has 0 radical (unpaired) electrons. The summed E-state index contributed by atoms with van der Waals surface area (Å²) in [6.07, 6.45) is 1.46. The van der Waals surface area contributed by atoms with E-state index in [0.29, 0.717) is 57.1 Å². The molecule has 1 unspecified atom stereocenters. The number of carbonyl (C=O) groups excluding carboxylic acids is 2. The number of nitrogens with zero attached hydrogens (tertiary/aromatic N) is 1. The molecule has 0 bridgehead atoms. The van der Waals surface area contributed by atoms with Crippen LogP contribution < -0.4 is 19.5 Å². The second-order valence-corrected chi connectivity index (χ2v) is 9.96. The van der Waals surface area contributed by atoms with Crippen molar-refractivity contribution in [2.45, 2.75) is 50.1 Å². The van der Waals surface area contributed by atoms with Crippen molar-refractivity contribution >= 4 is 22.0 Å². The number of piperidine rings is 1. The van der Waals surface area contributed by atoms with E-state index in [2.05, 4.69) is 10.0 Å². The van der Waals surface area contributed by atoms with Crippen molar-refractivity contribution in [1.29, 1.82) is 0 Å². The molecule has 2 aliphatic rings. The number of methoxy groups -OCH3 is 1. The van der Waals surface area contributed by atoms with Crippen molar-refractivity contribution in [1.82, 2.24) is 14.9 Å². The molecule has 2 aliphatic heterocycles. The molecule has 0 saturated carbocycles. The zero-order valence-electron chi connectivity index (χ0n) is 18.6. The Hall–Kier alpha value is -2.53. The van der Waals surface area contributed by atoms with Gasteiger partial charge in [-0.2, -0.15) is 4.72 Å². The first-order valence-electron chi connectivity index (χ1n) is 10.8. The van der Waals surface area contributed by atoms with Gasteiger partial charge in [-0.15, -0.1) is 0 Å². The summed E-state index contributed by atoms with van der Waals surface area (Å²) in [6.45, 7) is 5.43. The van der Waals surface area contributed by atoms with E-state index in [1.54, 1.807) is 24.8 Å². The Bertz CT molecular complexity index is 927. The van der Waals surface area contributed by atoms with Crippen molar-refractivity contribution in [2.24, 2.45) is 5.92 Å². The maximum atomic E-state index is 13.0. The van der Waals surface area contributed by atoms with Crippen LogP contribution in [0.1, 0.15) is 33.1 Å².